The van der Waals surface area contributed by atoms with E-state index in [4.69, 9.17) is 0 Å². The van der Waals surface area contributed by atoms with Crippen molar-refractivity contribution in [1.82, 2.24) is 5.32 Å². The van der Waals surface area contributed by atoms with E-state index in [2.05, 4.69) is 17.0 Å². The van der Waals surface area contributed by atoms with Crippen LogP contribution in [0.1, 0.15) is 24.9 Å². The molecular formula is C13H16F3NOS. The van der Waals surface area contributed by atoms with E-state index in [1.54, 1.807) is 12.1 Å². The van der Waals surface area contributed by atoms with Crippen LogP contribution in [0.5, 0.6) is 5.75 Å². The summed E-state index contributed by atoms with van der Waals surface area (Å²) in [5.41, 5.74) is 1.00. The molecule has 1 aliphatic heterocycles. The van der Waals surface area contributed by atoms with Gasteiger partial charge in [-0.25, -0.2) is 0 Å². The molecule has 2 rings (SSSR count). The van der Waals surface area contributed by atoms with Crippen LogP contribution in [0, 0.1) is 0 Å². The lowest BCUT2D eigenvalue weighted by Crippen LogP contribution is -2.39. The van der Waals surface area contributed by atoms with Gasteiger partial charge in [-0.3, -0.25) is 0 Å². The summed E-state index contributed by atoms with van der Waals surface area (Å²) in [5, 5.41) is 3.50. The molecule has 1 saturated heterocycles. The second kappa shape index (κ2) is 6.05. The van der Waals surface area contributed by atoms with E-state index in [0.717, 1.165) is 23.5 Å². The molecule has 2 unspecified atom stereocenters. The van der Waals surface area contributed by atoms with Gasteiger partial charge in [0.15, 0.2) is 0 Å². The Kier molecular flexibility index (Phi) is 4.62. The molecule has 1 heterocycles. The van der Waals surface area contributed by atoms with Crippen molar-refractivity contribution in [2.45, 2.75) is 31.8 Å². The van der Waals surface area contributed by atoms with E-state index in [0.29, 0.717) is 6.04 Å². The maximum atomic E-state index is 12.1. The summed E-state index contributed by atoms with van der Waals surface area (Å²) in [4.78, 5) is 0. The number of halogens is 3. The molecule has 1 N–H and O–H groups in total. The van der Waals surface area contributed by atoms with E-state index in [9.17, 15) is 13.2 Å². The predicted octanol–water partition coefficient (Wildman–Crippen LogP) is 3.74. The summed E-state index contributed by atoms with van der Waals surface area (Å²) in [6, 6.07) is 6.78. The van der Waals surface area contributed by atoms with Gasteiger partial charge in [0.05, 0.1) is 0 Å². The number of thioether (sulfide) groups is 1. The summed E-state index contributed by atoms with van der Waals surface area (Å²) >= 11 is 1.87. The van der Waals surface area contributed by atoms with Crippen LogP contribution < -0.4 is 10.1 Å². The van der Waals surface area contributed by atoms with Crippen LogP contribution in [0.15, 0.2) is 24.3 Å². The van der Waals surface area contributed by atoms with Crippen LogP contribution in [-0.2, 0) is 0 Å². The van der Waals surface area contributed by atoms with Gasteiger partial charge < -0.3 is 10.1 Å². The molecule has 1 aromatic carbocycles. The molecule has 6 heteroatoms. The molecule has 0 saturated carbocycles. The fraction of sp³-hybridized carbons (Fsp3) is 0.538. The molecular weight excluding hydrogens is 275 g/mol. The lowest BCUT2D eigenvalue weighted by molar-refractivity contribution is -0.274. The monoisotopic (exact) mass is 291 g/mol. The Hall–Kier alpha value is -0.880. The van der Waals surface area contributed by atoms with Gasteiger partial charge in [0, 0.05) is 23.6 Å². The van der Waals surface area contributed by atoms with E-state index in [-0.39, 0.29) is 11.8 Å². The van der Waals surface area contributed by atoms with Gasteiger partial charge in [-0.15, -0.1) is 13.2 Å². The molecule has 0 aromatic heterocycles. The number of hydrogen-bond acceptors (Lipinski definition) is 3. The summed E-state index contributed by atoms with van der Waals surface area (Å²) in [6.45, 7) is 2.13. The minimum absolute atomic E-state index is 0.174. The minimum atomic E-state index is -4.63. The van der Waals surface area contributed by atoms with Gasteiger partial charge in [-0.2, -0.15) is 11.8 Å². The Morgan fingerprint density at radius 3 is 2.53 bits per heavy atom. The molecule has 19 heavy (non-hydrogen) atoms. The van der Waals surface area contributed by atoms with Crippen LogP contribution in [0.3, 0.4) is 0 Å². The smallest absolute Gasteiger partial charge is 0.406 e. The lowest BCUT2D eigenvalue weighted by Gasteiger charge is -2.30. The van der Waals surface area contributed by atoms with Gasteiger partial charge in [0.1, 0.15) is 5.75 Å². The molecule has 0 radical (unpaired) electrons. The van der Waals surface area contributed by atoms with Crippen molar-refractivity contribution in [2.24, 2.45) is 0 Å². The predicted molar refractivity (Wildman–Crippen MR) is 70.4 cm³/mol. The van der Waals surface area contributed by atoms with Crippen LogP contribution in [0.25, 0.3) is 0 Å². The fourth-order valence-electron chi connectivity index (χ4n) is 2.04. The summed E-state index contributed by atoms with van der Waals surface area (Å²) in [6.07, 6.45) is -3.58. The average Bonchev–Trinajstić information content (AvgIpc) is 2.38. The molecule has 0 amide bonds. The Morgan fingerprint density at radius 1 is 1.26 bits per heavy atom. The van der Waals surface area contributed by atoms with Gasteiger partial charge in [0.2, 0.25) is 0 Å². The van der Waals surface area contributed by atoms with Crippen molar-refractivity contribution in [1.29, 1.82) is 0 Å². The van der Waals surface area contributed by atoms with Crippen LogP contribution in [0.4, 0.5) is 13.2 Å². The van der Waals surface area contributed by atoms with Crippen molar-refractivity contribution in [3.63, 3.8) is 0 Å². The first-order valence-electron chi connectivity index (χ1n) is 6.17. The van der Waals surface area contributed by atoms with Gasteiger partial charge in [0.25, 0.3) is 0 Å². The second-order valence-electron chi connectivity index (χ2n) is 4.48. The number of benzene rings is 1. The zero-order chi connectivity index (χ0) is 13.9. The van der Waals surface area contributed by atoms with Crippen molar-refractivity contribution in [3.05, 3.63) is 29.8 Å². The molecule has 1 fully saturated rings. The first-order chi connectivity index (χ1) is 8.98. The molecule has 2 nitrogen and oxygen atoms in total. The third kappa shape index (κ3) is 4.31. The Labute approximate surface area is 114 Å². The van der Waals surface area contributed by atoms with Crippen LogP contribution in [-0.4, -0.2) is 23.9 Å². The van der Waals surface area contributed by atoms with Gasteiger partial charge >= 0.3 is 6.36 Å². The van der Waals surface area contributed by atoms with Crippen molar-refractivity contribution in [3.8, 4) is 5.75 Å². The molecule has 1 aliphatic rings. The highest BCUT2D eigenvalue weighted by atomic mass is 32.2. The SMILES string of the molecule is CCC1CSCC(c2ccc(OC(F)(F)F)cc2)N1. The Balaban J connectivity index is 2.01. The highest BCUT2D eigenvalue weighted by Gasteiger charge is 2.31. The van der Waals surface area contributed by atoms with Crippen LogP contribution >= 0.6 is 11.8 Å². The normalized spacial score (nSPS) is 24.2. The fourth-order valence-corrected chi connectivity index (χ4v) is 3.32. The van der Waals surface area contributed by atoms with Gasteiger partial charge in [-0.05, 0) is 24.1 Å². The highest BCUT2D eigenvalue weighted by Crippen LogP contribution is 2.28. The first kappa shape index (κ1) is 14.5. The zero-order valence-electron chi connectivity index (χ0n) is 10.5. The van der Waals surface area contributed by atoms with E-state index < -0.39 is 6.36 Å². The number of rotatable bonds is 3. The third-order valence-electron chi connectivity index (χ3n) is 3.05. The van der Waals surface area contributed by atoms with E-state index in [1.165, 1.54) is 12.1 Å². The molecule has 2 atom stereocenters. The average molecular weight is 291 g/mol. The van der Waals surface area contributed by atoms with Crippen molar-refractivity contribution >= 4 is 11.8 Å². The minimum Gasteiger partial charge on any atom is -0.406 e. The molecule has 106 valence electrons. The number of hydrogen-bond donors (Lipinski definition) is 1. The number of ether oxygens (including phenoxy) is 1. The topological polar surface area (TPSA) is 21.3 Å². The Morgan fingerprint density at radius 2 is 1.95 bits per heavy atom. The Bertz CT molecular complexity index is 407. The lowest BCUT2D eigenvalue weighted by atomic mass is 10.1. The summed E-state index contributed by atoms with van der Waals surface area (Å²) in [7, 11) is 0. The summed E-state index contributed by atoms with van der Waals surface area (Å²) < 4.78 is 40.0. The standard InChI is InChI=1S/C13H16F3NOS/c1-2-10-7-19-8-12(17-10)9-3-5-11(6-4-9)18-13(14,15)16/h3-6,10,12,17H,2,7-8H2,1H3. The highest BCUT2D eigenvalue weighted by molar-refractivity contribution is 7.99. The third-order valence-corrected chi connectivity index (χ3v) is 4.26. The van der Waals surface area contributed by atoms with Gasteiger partial charge in [-0.1, -0.05) is 19.1 Å². The molecule has 0 spiro atoms. The quantitative estimate of drug-likeness (QED) is 0.916. The zero-order valence-corrected chi connectivity index (χ0v) is 11.4. The van der Waals surface area contributed by atoms with E-state index in [1.807, 2.05) is 11.8 Å². The van der Waals surface area contributed by atoms with E-state index >= 15 is 0 Å². The summed E-state index contributed by atoms with van der Waals surface area (Å²) in [5.74, 6) is 1.85. The molecule has 0 aliphatic carbocycles. The van der Waals surface area contributed by atoms with Crippen LogP contribution in [0.2, 0.25) is 0 Å². The van der Waals surface area contributed by atoms with Crippen molar-refractivity contribution in [2.75, 3.05) is 11.5 Å². The number of nitrogens with one attached hydrogen (secondary N) is 1. The maximum Gasteiger partial charge on any atom is 0.573 e. The number of alkyl halides is 3. The largest absolute Gasteiger partial charge is 0.573 e. The second-order valence-corrected chi connectivity index (χ2v) is 5.55. The first-order valence-corrected chi connectivity index (χ1v) is 7.33. The molecule has 1 aromatic rings. The van der Waals surface area contributed by atoms with Crippen molar-refractivity contribution < 1.29 is 17.9 Å². The maximum absolute atomic E-state index is 12.1. The molecule has 0 bridgehead atoms.